The second-order valence-corrected chi connectivity index (χ2v) is 13.5. The molecule has 11 heteroatoms. The number of aryl methyl sites for hydroxylation is 1. The van der Waals surface area contributed by atoms with Crippen molar-refractivity contribution in [3.8, 4) is 10.6 Å². The van der Waals surface area contributed by atoms with E-state index in [1.165, 1.54) is 10.4 Å². The maximum absolute atomic E-state index is 13.3. The van der Waals surface area contributed by atoms with Crippen molar-refractivity contribution >= 4 is 71.9 Å². The van der Waals surface area contributed by atoms with E-state index in [1.807, 2.05) is 25.1 Å². The summed E-state index contributed by atoms with van der Waals surface area (Å²) in [6, 6.07) is 21.2. The number of nitrogens with zero attached hydrogens (tertiary/aromatic N) is 2. The number of likely N-dealkylation sites (N-methyl/N-ethyl adjacent to an activating group) is 1. The van der Waals surface area contributed by atoms with E-state index in [-0.39, 0.29) is 23.2 Å². The number of thiazole rings is 1. The topological polar surface area (TPSA) is 91.4 Å². The Morgan fingerprint density at radius 1 is 0.975 bits per heavy atom. The predicted molar refractivity (Wildman–Crippen MR) is 167 cm³/mol. The molecular weight excluding hydrogens is 584 g/mol. The fourth-order valence-electron chi connectivity index (χ4n) is 4.62. The summed E-state index contributed by atoms with van der Waals surface area (Å²) in [5, 5.41) is 4.84. The lowest BCUT2D eigenvalue weighted by Gasteiger charge is -2.22. The Bertz CT molecular complexity index is 1760. The van der Waals surface area contributed by atoms with Gasteiger partial charge in [0.2, 0.25) is 0 Å². The monoisotopic (exact) mass is 610 g/mol. The number of para-hydroxylation sites is 1. The van der Waals surface area contributed by atoms with Crippen molar-refractivity contribution in [1.29, 1.82) is 0 Å². The van der Waals surface area contributed by atoms with Crippen LogP contribution in [0.5, 0.6) is 0 Å². The lowest BCUT2D eigenvalue weighted by atomic mass is 10.0. The minimum absolute atomic E-state index is 0. The lowest BCUT2D eigenvalue weighted by Crippen LogP contribution is -2.25. The van der Waals surface area contributed by atoms with Crippen molar-refractivity contribution in [1.82, 2.24) is 9.88 Å². The van der Waals surface area contributed by atoms with E-state index >= 15 is 0 Å². The van der Waals surface area contributed by atoms with E-state index < -0.39 is 10.0 Å². The van der Waals surface area contributed by atoms with Gasteiger partial charge < -0.3 is 10.2 Å². The molecule has 5 aromatic rings. The van der Waals surface area contributed by atoms with Gasteiger partial charge in [-0.3, -0.25) is 9.52 Å². The number of aromatic nitrogens is 1. The van der Waals surface area contributed by atoms with E-state index in [1.54, 1.807) is 71.2 Å². The number of thiophene rings is 1. The number of hydrogen-bond acceptors (Lipinski definition) is 7. The molecule has 0 radical (unpaired) electrons. The van der Waals surface area contributed by atoms with Gasteiger partial charge in [-0.05, 0) is 74.5 Å². The van der Waals surface area contributed by atoms with E-state index in [0.717, 1.165) is 50.9 Å². The number of benzene rings is 3. The third-order valence-electron chi connectivity index (χ3n) is 6.71. The van der Waals surface area contributed by atoms with Crippen LogP contribution in [0.15, 0.2) is 77.7 Å². The van der Waals surface area contributed by atoms with Crippen LogP contribution in [0.25, 0.3) is 20.8 Å². The Morgan fingerprint density at radius 2 is 1.70 bits per heavy atom. The van der Waals surface area contributed by atoms with Crippen molar-refractivity contribution < 1.29 is 13.2 Å². The largest absolute Gasteiger partial charge is 0.313 e. The number of fused-ring (bicyclic) bond motifs is 2. The summed E-state index contributed by atoms with van der Waals surface area (Å²) in [7, 11) is -1.62. The van der Waals surface area contributed by atoms with E-state index in [0.29, 0.717) is 11.3 Å². The number of nitrogens with one attached hydrogen (secondary N) is 2. The number of halogens is 1. The number of carbonyl (C=O) groups excluding carboxylic acids is 1. The molecule has 0 saturated carbocycles. The first-order chi connectivity index (χ1) is 18.8. The van der Waals surface area contributed by atoms with E-state index in [9.17, 15) is 13.2 Å². The molecule has 7 nitrogen and oxygen atoms in total. The first-order valence-electron chi connectivity index (χ1n) is 12.5. The second-order valence-electron chi connectivity index (χ2n) is 9.63. The van der Waals surface area contributed by atoms with Crippen molar-refractivity contribution in [3.63, 3.8) is 0 Å². The number of amides is 1. The Labute approximate surface area is 247 Å². The molecule has 0 spiro atoms. The van der Waals surface area contributed by atoms with E-state index in [2.05, 4.69) is 28.1 Å². The molecule has 0 aliphatic carbocycles. The molecule has 1 aliphatic rings. The summed E-state index contributed by atoms with van der Waals surface area (Å²) in [5.74, 6) is -0.253. The Kier molecular flexibility index (Phi) is 7.98. The summed E-state index contributed by atoms with van der Waals surface area (Å²) < 4.78 is 29.2. The van der Waals surface area contributed by atoms with Crippen molar-refractivity contribution in [3.05, 3.63) is 94.4 Å². The molecule has 0 atom stereocenters. The smallest absolute Gasteiger partial charge is 0.261 e. The van der Waals surface area contributed by atoms with Gasteiger partial charge in [0, 0.05) is 34.8 Å². The SMILES string of the molecule is Cc1ccc(S(=O)(=O)Nc2ccc(C(=O)Nc3sc4c(c3-c3nc5ccccc5s3)CCN(C)C4)cc2)cc1.Cl. The van der Waals surface area contributed by atoms with Crippen LogP contribution in [0.4, 0.5) is 10.7 Å². The molecule has 2 aromatic heterocycles. The Morgan fingerprint density at radius 3 is 2.42 bits per heavy atom. The Balaban J connectivity index is 0.00000323. The van der Waals surface area contributed by atoms with Gasteiger partial charge in [0.25, 0.3) is 15.9 Å². The number of sulfonamides is 1. The summed E-state index contributed by atoms with van der Waals surface area (Å²) in [6.07, 6.45) is 0.902. The Hall–Kier alpha value is -3.28. The molecule has 6 rings (SSSR count). The van der Waals surface area contributed by atoms with Gasteiger partial charge in [0.05, 0.1) is 15.1 Å². The fraction of sp³-hybridized carbons (Fsp3) is 0.172. The van der Waals surface area contributed by atoms with Crippen LogP contribution < -0.4 is 10.0 Å². The molecule has 0 bridgehead atoms. The van der Waals surface area contributed by atoms with Crippen molar-refractivity contribution in [2.45, 2.75) is 24.8 Å². The fourth-order valence-corrected chi connectivity index (χ4v) is 8.11. The number of anilines is 2. The van der Waals surface area contributed by atoms with Crippen LogP contribution in [-0.2, 0) is 23.0 Å². The van der Waals surface area contributed by atoms with Gasteiger partial charge in [-0.2, -0.15) is 0 Å². The molecule has 3 heterocycles. The highest BCUT2D eigenvalue weighted by atomic mass is 35.5. The average Bonchev–Trinajstić information content (AvgIpc) is 3.49. The van der Waals surface area contributed by atoms with Crippen LogP contribution >= 0.6 is 35.1 Å². The maximum Gasteiger partial charge on any atom is 0.261 e. The van der Waals surface area contributed by atoms with Gasteiger partial charge in [-0.1, -0.05) is 29.8 Å². The molecule has 1 amide bonds. The summed E-state index contributed by atoms with van der Waals surface area (Å²) in [6.45, 7) is 3.69. The molecule has 1 aliphatic heterocycles. The molecule has 3 aromatic carbocycles. The highest BCUT2D eigenvalue weighted by molar-refractivity contribution is 7.92. The third-order valence-corrected chi connectivity index (χ3v) is 10.3. The minimum Gasteiger partial charge on any atom is -0.313 e. The molecular formula is C29H27ClN4O3S3. The van der Waals surface area contributed by atoms with Crippen LogP contribution in [-0.4, -0.2) is 37.8 Å². The normalized spacial score (nSPS) is 13.4. The van der Waals surface area contributed by atoms with Crippen LogP contribution in [0.2, 0.25) is 0 Å². The van der Waals surface area contributed by atoms with Gasteiger partial charge in [-0.15, -0.1) is 35.1 Å². The summed E-state index contributed by atoms with van der Waals surface area (Å²) in [4.78, 5) is 21.9. The van der Waals surface area contributed by atoms with Gasteiger partial charge in [-0.25, -0.2) is 13.4 Å². The molecule has 206 valence electrons. The zero-order valence-electron chi connectivity index (χ0n) is 21.8. The van der Waals surface area contributed by atoms with Crippen LogP contribution in [0.1, 0.15) is 26.4 Å². The molecule has 0 fully saturated rings. The van der Waals surface area contributed by atoms with E-state index in [4.69, 9.17) is 4.98 Å². The highest BCUT2D eigenvalue weighted by Crippen LogP contribution is 2.45. The number of rotatable bonds is 6. The standard InChI is InChI=1S/C29H26N4O3S3.ClH/c1-18-7-13-21(14-8-18)39(35,36)32-20-11-9-19(10-12-20)27(34)31-29-26(22-15-16-33(2)17-25(22)38-29)28-30-23-5-3-4-6-24(23)37-28;/h3-14,32H,15-17H2,1-2H3,(H,31,34);1H. The third kappa shape index (κ3) is 5.63. The average molecular weight is 611 g/mol. The first kappa shape index (κ1) is 28.3. The zero-order valence-corrected chi connectivity index (χ0v) is 25.1. The minimum atomic E-state index is -3.72. The first-order valence-corrected chi connectivity index (χ1v) is 15.6. The summed E-state index contributed by atoms with van der Waals surface area (Å²) in [5.41, 5.74) is 5.03. The van der Waals surface area contributed by atoms with Gasteiger partial charge in [0.1, 0.15) is 10.0 Å². The van der Waals surface area contributed by atoms with Crippen LogP contribution in [0.3, 0.4) is 0 Å². The maximum atomic E-state index is 13.3. The molecule has 0 unspecified atom stereocenters. The molecule has 0 saturated heterocycles. The van der Waals surface area contributed by atoms with Crippen LogP contribution in [0, 0.1) is 6.92 Å². The zero-order chi connectivity index (χ0) is 27.1. The lowest BCUT2D eigenvalue weighted by molar-refractivity contribution is 0.102. The van der Waals surface area contributed by atoms with Gasteiger partial charge >= 0.3 is 0 Å². The highest BCUT2D eigenvalue weighted by Gasteiger charge is 2.27. The number of hydrogen-bond donors (Lipinski definition) is 2. The van der Waals surface area contributed by atoms with Crippen molar-refractivity contribution in [2.24, 2.45) is 0 Å². The predicted octanol–water partition coefficient (Wildman–Crippen LogP) is 6.80. The van der Waals surface area contributed by atoms with Crippen molar-refractivity contribution in [2.75, 3.05) is 23.6 Å². The quantitative estimate of drug-likeness (QED) is 0.221. The number of carbonyl (C=O) groups is 1. The summed E-state index contributed by atoms with van der Waals surface area (Å²) >= 11 is 3.24. The second kappa shape index (κ2) is 11.3. The molecule has 2 N–H and O–H groups in total. The van der Waals surface area contributed by atoms with Gasteiger partial charge in [0.15, 0.2) is 0 Å². The molecule has 40 heavy (non-hydrogen) atoms.